The van der Waals surface area contributed by atoms with Crippen LogP contribution < -0.4 is 4.74 Å². The van der Waals surface area contributed by atoms with E-state index in [-0.39, 0.29) is 18.1 Å². The molecule has 3 aromatic carbocycles. The zero-order valence-electron chi connectivity index (χ0n) is 18.5. The Kier molecular flexibility index (Phi) is 5.94. The summed E-state index contributed by atoms with van der Waals surface area (Å²) in [5, 5.41) is 9.82. The molecule has 4 aromatic rings. The lowest BCUT2D eigenvalue weighted by Gasteiger charge is -2.21. The second-order valence-electron chi connectivity index (χ2n) is 8.39. The Balaban J connectivity index is 1.29. The number of halogens is 2. The van der Waals surface area contributed by atoms with Gasteiger partial charge in [0, 0.05) is 17.5 Å². The first-order chi connectivity index (χ1) is 16.9. The van der Waals surface area contributed by atoms with Crippen LogP contribution in [0.3, 0.4) is 0 Å². The molecule has 0 radical (unpaired) electrons. The Labute approximate surface area is 199 Å². The van der Waals surface area contributed by atoms with E-state index in [4.69, 9.17) is 9.15 Å². The SMILES string of the molecule is O=C(O)[C@@H]1CCCN1C(=O)c1cccc(COc2ccc(-c3cc(F)c(F)c4occc34)cc2)c1. The van der Waals surface area contributed by atoms with Gasteiger partial charge in [-0.15, -0.1) is 0 Å². The average molecular weight is 477 g/mol. The molecule has 1 N–H and O–H groups in total. The van der Waals surface area contributed by atoms with E-state index < -0.39 is 23.6 Å². The number of fused-ring (bicyclic) bond motifs is 1. The monoisotopic (exact) mass is 477 g/mol. The molecular weight excluding hydrogens is 456 g/mol. The molecule has 0 saturated carbocycles. The number of benzene rings is 3. The molecule has 35 heavy (non-hydrogen) atoms. The number of hydrogen-bond donors (Lipinski definition) is 1. The zero-order chi connectivity index (χ0) is 24.5. The second-order valence-corrected chi connectivity index (χ2v) is 8.39. The lowest BCUT2D eigenvalue weighted by Crippen LogP contribution is -2.40. The summed E-state index contributed by atoms with van der Waals surface area (Å²) in [6, 6.07) is 15.8. The standard InChI is InChI=1S/C27H21F2NO5/c28-22-14-21(20-10-12-34-25(20)24(22)29)17-6-8-19(9-7-17)35-15-16-3-1-4-18(13-16)26(31)30-11-2-5-23(30)27(32)33/h1,3-4,6-10,12-14,23H,2,5,11,15H2,(H,32,33)/t23-/m0/s1. The molecule has 0 aliphatic carbocycles. The van der Waals surface area contributed by atoms with Crippen molar-refractivity contribution in [1.82, 2.24) is 4.90 Å². The fourth-order valence-electron chi connectivity index (χ4n) is 4.43. The molecule has 1 fully saturated rings. The smallest absolute Gasteiger partial charge is 0.326 e. The number of rotatable bonds is 6. The largest absolute Gasteiger partial charge is 0.489 e. The van der Waals surface area contributed by atoms with Gasteiger partial charge in [0.1, 0.15) is 18.4 Å². The van der Waals surface area contributed by atoms with Crippen molar-refractivity contribution in [2.45, 2.75) is 25.5 Å². The normalized spacial score (nSPS) is 15.5. The third kappa shape index (κ3) is 4.35. The van der Waals surface area contributed by atoms with Crippen LogP contribution >= 0.6 is 0 Å². The van der Waals surface area contributed by atoms with Crippen LogP contribution in [0, 0.1) is 11.6 Å². The van der Waals surface area contributed by atoms with Crippen LogP contribution in [0.15, 0.2) is 71.3 Å². The topological polar surface area (TPSA) is 80.0 Å². The second kappa shape index (κ2) is 9.21. The Hall–Kier alpha value is -4.20. The van der Waals surface area contributed by atoms with Crippen LogP contribution in [0.1, 0.15) is 28.8 Å². The molecule has 2 heterocycles. The first-order valence-electron chi connectivity index (χ1n) is 11.1. The van der Waals surface area contributed by atoms with E-state index in [1.807, 2.05) is 6.07 Å². The maximum atomic E-state index is 14.0. The summed E-state index contributed by atoms with van der Waals surface area (Å²) in [6.45, 7) is 0.617. The fraction of sp³-hybridized carbons (Fsp3) is 0.185. The van der Waals surface area contributed by atoms with Gasteiger partial charge in [0.15, 0.2) is 11.4 Å². The van der Waals surface area contributed by atoms with E-state index in [0.29, 0.717) is 47.2 Å². The number of amides is 1. The zero-order valence-corrected chi connectivity index (χ0v) is 18.5. The van der Waals surface area contributed by atoms with Gasteiger partial charge < -0.3 is 19.2 Å². The summed E-state index contributed by atoms with van der Waals surface area (Å²) in [5.74, 6) is -2.74. The Morgan fingerprint density at radius 3 is 2.66 bits per heavy atom. The fourth-order valence-corrected chi connectivity index (χ4v) is 4.43. The number of nitrogens with zero attached hydrogens (tertiary/aromatic N) is 1. The van der Waals surface area contributed by atoms with Gasteiger partial charge in [-0.3, -0.25) is 4.79 Å². The highest BCUT2D eigenvalue weighted by Gasteiger charge is 2.34. The van der Waals surface area contributed by atoms with E-state index in [2.05, 4.69) is 0 Å². The van der Waals surface area contributed by atoms with Crippen LogP contribution in [0.5, 0.6) is 5.75 Å². The summed E-state index contributed by atoms with van der Waals surface area (Å²) >= 11 is 0. The number of likely N-dealkylation sites (tertiary alicyclic amines) is 1. The van der Waals surface area contributed by atoms with Crippen molar-refractivity contribution in [3.05, 3.63) is 89.7 Å². The van der Waals surface area contributed by atoms with Crippen molar-refractivity contribution in [2.24, 2.45) is 0 Å². The van der Waals surface area contributed by atoms with Crippen LogP contribution in [0.2, 0.25) is 0 Å². The predicted octanol–water partition coefficient (Wildman–Crippen LogP) is 5.65. The van der Waals surface area contributed by atoms with E-state index in [9.17, 15) is 23.5 Å². The van der Waals surface area contributed by atoms with E-state index in [1.165, 1.54) is 11.2 Å². The van der Waals surface area contributed by atoms with Crippen LogP contribution in [-0.2, 0) is 11.4 Å². The van der Waals surface area contributed by atoms with Crippen molar-refractivity contribution in [3.63, 3.8) is 0 Å². The minimum atomic E-state index is -1.02. The lowest BCUT2D eigenvalue weighted by atomic mass is 10.0. The van der Waals surface area contributed by atoms with E-state index >= 15 is 0 Å². The molecule has 0 unspecified atom stereocenters. The number of ether oxygens (including phenoxy) is 1. The highest BCUT2D eigenvalue weighted by molar-refractivity contribution is 5.97. The van der Waals surface area contributed by atoms with Crippen molar-refractivity contribution in [1.29, 1.82) is 0 Å². The average Bonchev–Trinajstić information content (AvgIpc) is 3.56. The molecule has 1 aliphatic heterocycles. The number of hydrogen-bond acceptors (Lipinski definition) is 4. The highest BCUT2D eigenvalue weighted by Crippen LogP contribution is 2.33. The molecule has 8 heteroatoms. The Morgan fingerprint density at radius 1 is 1.09 bits per heavy atom. The summed E-state index contributed by atoms with van der Waals surface area (Å²) in [4.78, 5) is 25.7. The summed E-state index contributed by atoms with van der Waals surface area (Å²) in [7, 11) is 0. The number of furan rings is 1. The molecular formula is C27H21F2NO5. The lowest BCUT2D eigenvalue weighted by molar-refractivity contribution is -0.141. The first kappa shape index (κ1) is 22.6. The Morgan fingerprint density at radius 2 is 1.89 bits per heavy atom. The van der Waals surface area contributed by atoms with Crippen molar-refractivity contribution >= 4 is 22.8 Å². The molecule has 0 spiro atoms. The molecule has 1 amide bonds. The van der Waals surface area contributed by atoms with Gasteiger partial charge in [-0.1, -0.05) is 24.3 Å². The summed E-state index contributed by atoms with van der Waals surface area (Å²) < 4.78 is 38.9. The molecule has 1 aromatic heterocycles. The number of carboxylic acids is 1. The third-order valence-electron chi connectivity index (χ3n) is 6.18. The van der Waals surface area contributed by atoms with Crippen LogP contribution in [0.4, 0.5) is 8.78 Å². The molecule has 5 rings (SSSR count). The molecule has 178 valence electrons. The number of carbonyl (C=O) groups excluding carboxylic acids is 1. The van der Waals surface area contributed by atoms with Gasteiger partial charge in [-0.2, -0.15) is 4.39 Å². The van der Waals surface area contributed by atoms with E-state index in [1.54, 1.807) is 48.5 Å². The summed E-state index contributed by atoms with van der Waals surface area (Å²) in [6.07, 6.45) is 2.44. The maximum Gasteiger partial charge on any atom is 0.326 e. The molecule has 0 bridgehead atoms. The minimum Gasteiger partial charge on any atom is -0.489 e. The molecule has 1 saturated heterocycles. The number of carboxylic acid groups (broad SMARTS) is 1. The van der Waals surface area contributed by atoms with Crippen LogP contribution in [0.25, 0.3) is 22.1 Å². The minimum absolute atomic E-state index is 0.127. The predicted molar refractivity (Wildman–Crippen MR) is 124 cm³/mol. The van der Waals surface area contributed by atoms with Gasteiger partial charge in [0.2, 0.25) is 5.82 Å². The van der Waals surface area contributed by atoms with E-state index in [0.717, 1.165) is 11.6 Å². The highest BCUT2D eigenvalue weighted by atomic mass is 19.2. The molecule has 1 atom stereocenters. The Bertz CT molecular complexity index is 1410. The maximum absolute atomic E-state index is 14.0. The van der Waals surface area contributed by atoms with Crippen molar-refractivity contribution in [3.8, 4) is 16.9 Å². The third-order valence-corrected chi connectivity index (χ3v) is 6.18. The van der Waals surface area contributed by atoms with Gasteiger partial charge in [-0.05, 0) is 65.9 Å². The van der Waals surface area contributed by atoms with Gasteiger partial charge in [0.05, 0.1) is 6.26 Å². The van der Waals surface area contributed by atoms with Crippen LogP contribution in [-0.4, -0.2) is 34.5 Å². The number of carbonyl (C=O) groups is 2. The van der Waals surface area contributed by atoms with Crippen molar-refractivity contribution < 1.29 is 32.6 Å². The van der Waals surface area contributed by atoms with Gasteiger partial charge >= 0.3 is 5.97 Å². The first-order valence-corrected chi connectivity index (χ1v) is 11.1. The molecule has 1 aliphatic rings. The number of aliphatic carboxylic acids is 1. The quantitative estimate of drug-likeness (QED) is 0.388. The van der Waals surface area contributed by atoms with Crippen molar-refractivity contribution in [2.75, 3.05) is 6.54 Å². The summed E-state index contributed by atoms with van der Waals surface area (Å²) in [5.41, 5.74) is 2.22. The van der Waals surface area contributed by atoms with Gasteiger partial charge in [-0.25, -0.2) is 9.18 Å². The van der Waals surface area contributed by atoms with Gasteiger partial charge in [0.25, 0.3) is 5.91 Å². The molecule has 6 nitrogen and oxygen atoms in total.